The largest absolute Gasteiger partial charge is 0.489 e. The van der Waals surface area contributed by atoms with Gasteiger partial charge in [0.15, 0.2) is 0 Å². The SMILES string of the molecule is Cc1ccc(N/N=C/c2cc(Br)c(OC(C)C)c(Br)c2)cc1. The molecule has 2 rings (SSSR count). The average molecular weight is 426 g/mol. The molecule has 0 aromatic heterocycles. The topological polar surface area (TPSA) is 33.6 Å². The predicted octanol–water partition coefficient (Wildman–Crippen LogP) is 5.75. The summed E-state index contributed by atoms with van der Waals surface area (Å²) in [7, 11) is 0. The molecule has 0 heterocycles. The summed E-state index contributed by atoms with van der Waals surface area (Å²) in [4.78, 5) is 0. The molecule has 0 unspecified atom stereocenters. The molecular formula is C17H18Br2N2O. The summed E-state index contributed by atoms with van der Waals surface area (Å²) < 4.78 is 7.55. The van der Waals surface area contributed by atoms with Gasteiger partial charge in [-0.2, -0.15) is 5.10 Å². The molecule has 0 radical (unpaired) electrons. The van der Waals surface area contributed by atoms with Crippen molar-refractivity contribution in [2.75, 3.05) is 5.43 Å². The Labute approximate surface area is 148 Å². The van der Waals surface area contributed by atoms with Crippen LogP contribution in [0, 0.1) is 6.92 Å². The van der Waals surface area contributed by atoms with E-state index in [4.69, 9.17) is 4.74 Å². The highest BCUT2D eigenvalue weighted by atomic mass is 79.9. The van der Waals surface area contributed by atoms with E-state index in [1.54, 1.807) is 6.21 Å². The highest BCUT2D eigenvalue weighted by molar-refractivity contribution is 9.11. The predicted molar refractivity (Wildman–Crippen MR) is 100 cm³/mol. The van der Waals surface area contributed by atoms with Crippen molar-refractivity contribution in [2.24, 2.45) is 5.10 Å². The van der Waals surface area contributed by atoms with E-state index >= 15 is 0 Å². The summed E-state index contributed by atoms with van der Waals surface area (Å²) in [5, 5.41) is 4.26. The molecule has 5 heteroatoms. The Bertz CT molecular complexity index is 644. The number of hydrogen-bond donors (Lipinski definition) is 1. The van der Waals surface area contributed by atoms with Crippen LogP contribution >= 0.6 is 31.9 Å². The second kappa shape index (κ2) is 7.79. The summed E-state index contributed by atoms with van der Waals surface area (Å²) in [6.07, 6.45) is 1.89. The van der Waals surface area contributed by atoms with E-state index < -0.39 is 0 Å². The molecule has 0 spiro atoms. The number of hydrazone groups is 1. The van der Waals surface area contributed by atoms with E-state index in [-0.39, 0.29) is 6.10 Å². The first-order valence-corrected chi connectivity index (χ1v) is 8.56. The number of halogens is 2. The van der Waals surface area contributed by atoms with Crippen molar-refractivity contribution in [3.63, 3.8) is 0 Å². The highest BCUT2D eigenvalue weighted by Gasteiger charge is 2.09. The Kier molecular flexibility index (Phi) is 6.03. The van der Waals surface area contributed by atoms with Crippen molar-refractivity contribution in [3.05, 3.63) is 56.5 Å². The lowest BCUT2D eigenvalue weighted by atomic mass is 10.2. The molecule has 0 fully saturated rings. The number of aryl methyl sites for hydroxylation is 1. The third-order valence-electron chi connectivity index (χ3n) is 2.83. The summed E-state index contributed by atoms with van der Waals surface area (Å²) in [5.74, 6) is 0.804. The molecule has 2 aromatic rings. The van der Waals surface area contributed by atoms with Crippen molar-refractivity contribution in [3.8, 4) is 5.75 Å². The second-order valence-electron chi connectivity index (χ2n) is 5.22. The van der Waals surface area contributed by atoms with Crippen LogP contribution in [0.3, 0.4) is 0 Å². The zero-order chi connectivity index (χ0) is 16.1. The zero-order valence-electron chi connectivity index (χ0n) is 12.7. The Morgan fingerprint density at radius 2 is 1.68 bits per heavy atom. The van der Waals surface area contributed by atoms with Gasteiger partial charge in [-0.05, 0) is 82.5 Å². The van der Waals surface area contributed by atoms with Gasteiger partial charge in [0.1, 0.15) is 5.75 Å². The molecule has 0 aliphatic rings. The number of anilines is 1. The van der Waals surface area contributed by atoms with Gasteiger partial charge in [-0.15, -0.1) is 0 Å². The lowest BCUT2D eigenvalue weighted by Gasteiger charge is -2.13. The van der Waals surface area contributed by atoms with Gasteiger partial charge in [-0.25, -0.2) is 0 Å². The maximum absolute atomic E-state index is 5.76. The van der Waals surface area contributed by atoms with Crippen molar-refractivity contribution < 1.29 is 4.74 Å². The number of nitrogens with one attached hydrogen (secondary N) is 1. The Morgan fingerprint density at radius 1 is 1.09 bits per heavy atom. The fourth-order valence-corrected chi connectivity index (χ4v) is 3.22. The third-order valence-corrected chi connectivity index (χ3v) is 4.01. The molecule has 1 N–H and O–H groups in total. The van der Waals surface area contributed by atoms with E-state index in [0.29, 0.717) is 0 Å². The minimum atomic E-state index is 0.121. The van der Waals surface area contributed by atoms with E-state index in [9.17, 15) is 0 Å². The minimum absolute atomic E-state index is 0.121. The standard InChI is InChI=1S/C17H18Br2N2O/c1-11(2)22-17-15(18)8-13(9-16(17)19)10-20-21-14-6-4-12(3)5-7-14/h4-11,21H,1-3H3/b20-10+. The first-order chi connectivity index (χ1) is 10.5. The van der Waals surface area contributed by atoms with Gasteiger partial charge in [0.25, 0.3) is 0 Å². The van der Waals surface area contributed by atoms with Crippen LogP contribution in [0.25, 0.3) is 0 Å². The van der Waals surface area contributed by atoms with E-state index in [2.05, 4.69) is 49.3 Å². The molecule has 2 aromatic carbocycles. The number of ether oxygens (including phenoxy) is 1. The van der Waals surface area contributed by atoms with Crippen LogP contribution in [0.2, 0.25) is 0 Å². The monoisotopic (exact) mass is 424 g/mol. The van der Waals surface area contributed by atoms with Gasteiger partial charge in [0.2, 0.25) is 0 Å². The first kappa shape index (κ1) is 17.0. The molecule has 3 nitrogen and oxygen atoms in total. The van der Waals surface area contributed by atoms with Crippen molar-refractivity contribution in [1.82, 2.24) is 0 Å². The Balaban J connectivity index is 2.09. The van der Waals surface area contributed by atoms with E-state index in [1.807, 2.05) is 50.2 Å². The van der Waals surface area contributed by atoms with Gasteiger partial charge in [-0.1, -0.05) is 17.7 Å². The van der Waals surface area contributed by atoms with Crippen LogP contribution in [0.4, 0.5) is 5.69 Å². The highest BCUT2D eigenvalue weighted by Crippen LogP contribution is 2.35. The maximum Gasteiger partial charge on any atom is 0.148 e. The van der Waals surface area contributed by atoms with Crippen LogP contribution in [0.1, 0.15) is 25.0 Å². The minimum Gasteiger partial charge on any atom is -0.489 e. The van der Waals surface area contributed by atoms with Crippen LogP contribution in [0.5, 0.6) is 5.75 Å². The van der Waals surface area contributed by atoms with Gasteiger partial charge < -0.3 is 4.74 Å². The molecule has 0 aliphatic heterocycles. The summed E-state index contributed by atoms with van der Waals surface area (Å²) in [6, 6.07) is 12.0. The molecule has 116 valence electrons. The normalized spacial score (nSPS) is 11.2. The van der Waals surface area contributed by atoms with Gasteiger partial charge in [0, 0.05) is 0 Å². The Morgan fingerprint density at radius 3 is 2.23 bits per heavy atom. The fourth-order valence-electron chi connectivity index (χ4n) is 1.81. The molecular weight excluding hydrogens is 408 g/mol. The molecule has 0 aliphatic carbocycles. The Hall–Kier alpha value is -1.33. The van der Waals surface area contributed by atoms with Crippen molar-refractivity contribution >= 4 is 43.8 Å². The molecule has 0 atom stereocenters. The molecule has 0 amide bonds. The summed E-state index contributed by atoms with van der Waals surface area (Å²) in [5.41, 5.74) is 6.16. The van der Waals surface area contributed by atoms with Crippen molar-refractivity contribution in [2.45, 2.75) is 26.9 Å². The van der Waals surface area contributed by atoms with Crippen LogP contribution < -0.4 is 10.2 Å². The number of rotatable bonds is 5. The lowest BCUT2D eigenvalue weighted by molar-refractivity contribution is 0.239. The fraction of sp³-hybridized carbons (Fsp3) is 0.235. The summed E-state index contributed by atoms with van der Waals surface area (Å²) >= 11 is 7.07. The van der Waals surface area contributed by atoms with Crippen LogP contribution in [-0.4, -0.2) is 12.3 Å². The van der Waals surface area contributed by atoms with E-state index in [1.165, 1.54) is 5.56 Å². The van der Waals surface area contributed by atoms with Crippen molar-refractivity contribution in [1.29, 1.82) is 0 Å². The smallest absolute Gasteiger partial charge is 0.148 e. The number of benzene rings is 2. The van der Waals surface area contributed by atoms with Crippen LogP contribution in [0.15, 0.2) is 50.4 Å². The zero-order valence-corrected chi connectivity index (χ0v) is 15.9. The maximum atomic E-state index is 5.76. The quantitative estimate of drug-likeness (QED) is 0.488. The molecule has 0 saturated carbocycles. The van der Waals surface area contributed by atoms with Gasteiger partial charge in [0.05, 0.1) is 27.0 Å². The number of nitrogens with zero attached hydrogens (tertiary/aromatic N) is 1. The molecule has 0 saturated heterocycles. The van der Waals surface area contributed by atoms with E-state index in [0.717, 1.165) is 25.9 Å². The molecule has 0 bridgehead atoms. The average Bonchev–Trinajstić information content (AvgIpc) is 2.45. The van der Waals surface area contributed by atoms with Crippen LogP contribution in [-0.2, 0) is 0 Å². The molecule has 22 heavy (non-hydrogen) atoms. The van der Waals surface area contributed by atoms with Gasteiger partial charge >= 0.3 is 0 Å². The van der Waals surface area contributed by atoms with Gasteiger partial charge in [-0.3, -0.25) is 5.43 Å². The number of hydrogen-bond acceptors (Lipinski definition) is 3. The third kappa shape index (κ3) is 4.85. The lowest BCUT2D eigenvalue weighted by Crippen LogP contribution is -2.06. The second-order valence-corrected chi connectivity index (χ2v) is 6.92. The summed E-state index contributed by atoms with van der Waals surface area (Å²) in [6.45, 7) is 6.06. The first-order valence-electron chi connectivity index (χ1n) is 6.97.